The van der Waals surface area contributed by atoms with Crippen LogP contribution in [-0.4, -0.2) is 25.1 Å². The molecule has 0 aliphatic heterocycles. The van der Waals surface area contributed by atoms with Gasteiger partial charge < -0.3 is 10.2 Å². The van der Waals surface area contributed by atoms with E-state index in [0.29, 0.717) is 12.0 Å². The highest BCUT2D eigenvalue weighted by Crippen LogP contribution is 2.32. The molecule has 0 saturated heterocycles. The lowest BCUT2D eigenvalue weighted by Crippen LogP contribution is -2.38. The Kier molecular flexibility index (Phi) is 4.90. The normalized spacial score (nSPS) is 27.2. The molecule has 1 aliphatic carbocycles. The van der Waals surface area contributed by atoms with Crippen molar-refractivity contribution >= 4 is 5.84 Å². The van der Waals surface area contributed by atoms with E-state index in [1.165, 1.54) is 0 Å². The molecule has 1 aliphatic rings. The van der Waals surface area contributed by atoms with Gasteiger partial charge in [0.25, 0.3) is 0 Å². The maximum atomic E-state index is 5.49. The van der Waals surface area contributed by atoms with Crippen LogP contribution in [0.2, 0.25) is 0 Å². The number of hydrogen-bond acceptors (Lipinski definition) is 3. The third-order valence-corrected chi connectivity index (χ3v) is 2.59. The Balaban J connectivity index is 2.17. The zero-order valence-corrected chi connectivity index (χ0v) is 9.12. The van der Waals surface area contributed by atoms with Crippen LogP contribution in [0.15, 0.2) is 4.99 Å². The Labute approximate surface area is 85.9 Å². The van der Waals surface area contributed by atoms with Gasteiger partial charge in [-0.05, 0) is 32.6 Å². The fraction of sp³-hybridized carbons (Fsp3) is 0.900. The quantitative estimate of drug-likeness (QED) is 0.301. The molecule has 0 atom stereocenters. The molecule has 1 saturated carbocycles. The highest BCUT2D eigenvalue weighted by Gasteiger charge is 2.30. The topological polar surface area (TPSA) is 59.6 Å². The molecule has 0 amide bonds. The Morgan fingerprint density at radius 1 is 1.50 bits per heavy atom. The Hall–Kier alpha value is -0.610. The SMILES string of the molecule is CCN=C(CC1CC(OCC)C1)NN. The van der Waals surface area contributed by atoms with Crippen molar-refractivity contribution < 1.29 is 4.74 Å². The fourth-order valence-electron chi connectivity index (χ4n) is 1.85. The molecule has 4 heteroatoms. The van der Waals surface area contributed by atoms with E-state index in [9.17, 15) is 0 Å². The van der Waals surface area contributed by atoms with Gasteiger partial charge in [-0.1, -0.05) is 0 Å². The molecule has 0 radical (unpaired) electrons. The molecule has 14 heavy (non-hydrogen) atoms. The summed E-state index contributed by atoms with van der Waals surface area (Å²) >= 11 is 0. The summed E-state index contributed by atoms with van der Waals surface area (Å²) in [6.07, 6.45) is 3.75. The molecule has 82 valence electrons. The molecule has 1 rings (SSSR count). The van der Waals surface area contributed by atoms with Gasteiger partial charge in [0.15, 0.2) is 0 Å². The molecule has 0 aromatic carbocycles. The molecular formula is C10H21N3O. The van der Waals surface area contributed by atoms with Crippen molar-refractivity contribution in [2.24, 2.45) is 16.8 Å². The van der Waals surface area contributed by atoms with Crippen LogP contribution in [0.3, 0.4) is 0 Å². The van der Waals surface area contributed by atoms with Gasteiger partial charge >= 0.3 is 0 Å². The maximum Gasteiger partial charge on any atom is 0.110 e. The van der Waals surface area contributed by atoms with Crippen LogP contribution >= 0.6 is 0 Å². The molecule has 0 unspecified atom stereocenters. The first kappa shape index (κ1) is 11.5. The van der Waals surface area contributed by atoms with Crippen LogP contribution in [-0.2, 0) is 4.74 Å². The molecule has 0 bridgehead atoms. The second-order valence-electron chi connectivity index (χ2n) is 3.68. The van der Waals surface area contributed by atoms with Gasteiger partial charge in [-0.2, -0.15) is 0 Å². The van der Waals surface area contributed by atoms with Gasteiger partial charge in [0.1, 0.15) is 5.84 Å². The predicted molar refractivity (Wildman–Crippen MR) is 58.1 cm³/mol. The van der Waals surface area contributed by atoms with E-state index in [1.54, 1.807) is 0 Å². The average Bonchev–Trinajstić information content (AvgIpc) is 2.13. The summed E-state index contributed by atoms with van der Waals surface area (Å²) in [5, 5.41) is 0. The summed E-state index contributed by atoms with van der Waals surface area (Å²) in [5.74, 6) is 6.99. The third-order valence-electron chi connectivity index (χ3n) is 2.59. The summed E-state index contributed by atoms with van der Waals surface area (Å²) in [4.78, 5) is 4.28. The number of hydrazine groups is 1. The van der Waals surface area contributed by atoms with Crippen molar-refractivity contribution in [2.45, 2.75) is 39.2 Å². The van der Waals surface area contributed by atoms with Gasteiger partial charge in [-0.15, -0.1) is 0 Å². The summed E-state index contributed by atoms with van der Waals surface area (Å²) in [5.41, 5.74) is 2.66. The van der Waals surface area contributed by atoms with Crippen LogP contribution in [0.5, 0.6) is 0 Å². The number of nitrogens with one attached hydrogen (secondary N) is 1. The average molecular weight is 199 g/mol. The molecule has 4 nitrogen and oxygen atoms in total. The first-order valence-corrected chi connectivity index (χ1v) is 5.41. The first-order chi connectivity index (χ1) is 6.80. The molecule has 3 N–H and O–H groups in total. The Morgan fingerprint density at radius 3 is 2.71 bits per heavy atom. The molecular weight excluding hydrogens is 178 g/mol. The Bertz CT molecular complexity index is 188. The first-order valence-electron chi connectivity index (χ1n) is 5.41. The van der Waals surface area contributed by atoms with Gasteiger partial charge in [0.2, 0.25) is 0 Å². The second-order valence-corrected chi connectivity index (χ2v) is 3.68. The highest BCUT2D eigenvalue weighted by atomic mass is 16.5. The van der Waals surface area contributed by atoms with Gasteiger partial charge in [0, 0.05) is 19.6 Å². The van der Waals surface area contributed by atoms with E-state index >= 15 is 0 Å². The number of amidine groups is 1. The predicted octanol–water partition coefficient (Wildman–Crippen LogP) is 1.07. The van der Waals surface area contributed by atoms with Gasteiger partial charge in [-0.3, -0.25) is 4.99 Å². The van der Waals surface area contributed by atoms with Crippen molar-refractivity contribution in [2.75, 3.05) is 13.2 Å². The van der Waals surface area contributed by atoms with E-state index < -0.39 is 0 Å². The van der Waals surface area contributed by atoms with Gasteiger partial charge in [-0.25, -0.2) is 5.84 Å². The van der Waals surface area contributed by atoms with Gasteiger partial charge in [0.05, 0.1) is 6.10 Å². The van der Waals surface area contributed by atoms with Crippen molar-refractivity contribution in [1.29, 1.82) is 0 Å². The van der Waals surface area contributed by atoms with Crippen molar-refractivity contribution in [3.8, 4) is 0 Å². The molecule has 0 aromatic heterocycles. The number of ether oxygens (including phenoxy) is 1. The summed E-state index contributed by atoms with van der Waals surface area (Å²) in [6, 6.07) is 0. The maximum absolute atomic E-state index is 5.49. The molecule has 0 heterocycles. The number of rotatable bonds is 5. The van der Waals surface area contributed by atoms with Crippen molar-refractivity contribution in [1.82, 2.24) is 5.43 Å². The molecule has 0 spiro atoms. The lowest BCUT2D eigenvalue weighted by atomic mass is 9.80. The molecule has 1 fully saturated rings. The second kappa shape index (κ2) is 5.98. The monoisotopic (exact) mass is 199 g/mol. The van der Waals surface area contributed by atoms with Crippen molar-refractivity contribution in [3.05, 3.63) is 0 Å². The zero-order chi connectivity index (χ0) is 10.4. The van der Waals surface area contributed by atoms with E-state index in [1.807, 2.05) is 13.8 Å². The lowest BCUT2D eigenvalue weighted by Gasteiger charge is -2.35. The van der Waals surface area contributed by atoms with Crippen LogP contribution in [0.25, 0.3) is 0 Å². The summed E-state index contributed by atoms with van der Waals surface area (Å²) in [7, 11) is 0. The summed E-state index contributed by atoms with van der Waals surface area (Å²) < 4.78 is 5.49. The van der Waals surface area contributed by atoms with Crippen molar-refractivity contribution in [3.63, 3.8) is 0 Å². The van der Waals surface area contributed by atoms with Crippen LogP contribution in [0.1, 0.15) is 33.1 Å². The molecule has 0 aromatic rings. The number of nitrogens with zero attached hydrogens (tertiary/aromatic N) is 1. The standard InChI is InChI=1S/C10H21N3O/c1-3-12-10(13-11)7-8-5-9(6-8)14-4-2/h8-9H,3-7,11H2,1-2H3,(H,12,13). The number of aliphatic imine (C=N–C) groups is 1. The smallest absolute Gasteiger partial charge is 0.110 e. The minimum atomic E-state index is 0.477. The van der Waals surface area contributed by atoms with E-state index in [0.717, 1.165) is 38.2 Å². The highest BCUT2D eigenvalue weighted by molar-refractivity contribution is 5.81. The minimum Gasteiger partial charge on any atom is -0.378 e. The number of nitrogens with two attached hydrogens (primary N) is 1. The Morgan fingerprint density at radius 2 is 2.21 bits per heavy atom. The lowest BCUT2D eigenvalue weighted by molar-refractivity contribution is -0.0223. The van der Waals surface area contributed by atoms with Crippen LogP contribution < -0.4 is 11.3 Å². The fourth-order valence-corrected chi connectivity index (χ4v) is 1.85. The zero-order valence-electron chi connectivity index (χ0n) is 9.12. The summed E-state index contributed by atoms with van der Waals surface area (Å²) in [6.45, 7) is 5.67. The van der Waals surface area contributed by atoms with E-state index in [-0.39, 0.29) is 0 Å². The van der Waals surface area contributed by atoms with Crippen LogP contribution in [0.4, 0.5) is 0 Å². The third kappa shape index (κ3) is 3.27. The van der Waals surface area contributed by atoms with E-state index in [2.05, 4.69) is 10.4 Å². The van der Waals surface area contributed by atoms with Crippen LogP contribution in [0, 0.1) is 5.92 Å². The minimum absolute atomic E-state index is 0.477. The number of hydrogen-bond donors (Lipinski definition) is 2. The van der Waals surface area contributed by atoms with E-state index in [4.69, 9.17) is 10.6 Å². The largest absolute Gasteiger partial charge is 0.378 e.